The highest BCUT2D eigenvalue weighted by Gasteiger charge is 2.14. The van der Waals surface area contributed by atoms with Crippen LogP contribution >= 0.6 is 23.2 Å². The Kier molecular flexibility index (Phi) is 5.21. The Bertz CT molecular complexity index is 894. The van der Waals surface area contributed by atoms with E-state index in [0.717, 1.165) is 5.75 Å². The fraction of sp³-hybridized carbons (Fsp3) is 0.118. The molecule has 0 radical (unpaired) electrons. The van der Waals surface area contributed by atoms with Crippen molar-refractivity contribution in [2.45, 2.75) is 6.92 Å². The number of ether oxygens (including phenoxy) is 1. The van der Waals surface area contributed by atoms with Crippen LogP contribution in [0.25, 0.3) is 11.5 Å². The van der Waals surface area contributed by atoms with E-state index >= 15 is 0 Å². The second-order valence-electron chi connectivity index (χ2n) is 4.95. The smallest absolute Gasteiger partial charge is 0.322 e. The van der Waals surface area contributed by atoms with Gasteiger partial charge in [0, 0.05) is 11.1 Å². The number of aromatic nitrogens is 2. The minimum Gasteiger partial charge on any atom is -0.494 e. The molecule has 0 saturated heterocycles. The Labute approximate surface area is 153 Å². The maximum atomic E-state index is 12.2. The molecule has 0 saturated carbocycles. The van der Waals surface area contributed by atoms with E-state index < -0.39 is 5.91 Å². The average Bonchev–Trinajstić information content (AvgIpc) is 3.06. The highest BCUT2D eigenvalue weighted by molar-refractivity contribution is 6.42. The lowest BCUT2D eigenvalue weighted by atomic mass is 10.2. The van der Waals surface area contributed by atoms with Crippen LogP contribution in [0.5, 0.6) is 5.75 Å². The topological polar surface area (TPSA) is 77.3 Å². The van der Waals surface area contributed by atoms with Crippen molar-refractivity contribution in [3.05, 3.63) is 58.1 Å². The lowest BCUT2D eigenvalue weighted by molar-refractivity contribution is 0.102. The van der Waals surface area contributed by atoms with E-state index in [9.17, 15) is 4.79 Å². The van der Waals surface area contributed by atoms with E-state index in [0.29, 0.717) is 22.8 Å². The summed E-state index contributed by atoms with van der Waals surface area (Å²) in [6, 6.07) is 11.7. The Morgan fingerprint density at radius 2 is 1.88 bits per heavy atom. The van der Waals surface area contributed by atoms with Crippen molar-refractivity contribution in [2.75, 3.05) is 11.9 Å². The molecule has 1 aromatic heterocycles. The second-order valence-corrected chi connectivity index (χ2v) is 5.77. The largest absolute Gasteiger partial charge is 0.494 e. The van der Waals surface area contributed by atoms with E-state index in [1.165, 1.54) is 12.1 Å². The lowest BCUT2D eigenvalue weighted by Crippen LogP contribution is -2.12. The maximum Gasteiger partial charge on any atom is 0.322 e. The molecule has 0 aliphatic heterocycles. The summed E-state index contributed by atoms with van der Waals surface area (Å²) < 4.78 is 10.8. The molecule has 1 heterocycles. The van der Waals surface area contributed by atoms with Gasteiger partial charge in [-0.2, -0.15) is 0 Å². The first-order chi connectivity index (χ1) is 12.1. The first-order valence-electron chi connectivity index (χ1n) is 7.40. The molecule has 6 nitrogen and oxygen atoms in total. The molecule has 0 spiro atoms. The monoisotopic (exact) mass is 377 g/mol. The summed E-state index contributed by atoms with van der Waals surface area (Å²) >= 11 is 11.7. The number of nitrogens with one attached hydrogen (secondary N) is 1. The molecular weight excluding hydrogens is 365 g/mol. The third kappa shape index (κ3) is 4.10. The van der Waals surface area contributed by atoms with Crippen molar-refractivity contribution in [2.24, 2.45) is 0 Å². The van der Waals surface area contributed by atoms with Crippen LogP contribution in [0.4, 0.5) is 6.01 Å². The fourth-order valence-corrected chi connectivity index (χ4v) is 2.36. The minimum absolute atomic E-state index is 0.0139. The third-order valence-electron chi connectivity index (χ3n) is 3.24. The van der Waals surface area contributed by atoms with Gasteiger partial charge < -0.3 is 9.15 Å². The van der Waals surface area contributed by atoms with Crippen molar-refractivity contribution in [1.82, 2.24) is 10.2 Å². The Morgan fingerprint density at radius 1 is 1.12 bits per heavy atom. The van der Waals surface area contributed by atoms with E-state index in [2.05, 4.69) is 15.5 Å². The summed E-state index contributed by atoms with van der Waals surface area (Å²) in [7, 11) is 0. The van der Waals surface area contributed by atoms with Crippen molar-refractivity contribution in [1.29, 1.82) is 0 Å². The SMILES string of the molecule is CCOc1ccc(-c2nnc(NC(=O)c3ccc(Cl)c(Cl)c3)o2)cc1. The number of amides is 1. The van der Waals surface area contributed by atoms with Crippen molar-refractivity contribution in [3.8, 4) is 17.2 Å². The van der Waals surface area contributed by atoms with Crippen LogP contribution < -0.4 is 10.1 Å². The number of carbonyl (C=O) groups is 1. The van der Waals surface area contributed by atoms with Gasteiger partial charge in [-0.1, -0.05) is 28.3 Å². The standard InChI is InChI=1S/C17H13Cl2N3O3/c1-2-24-12-6-3-10(4-7-12)16-21-22-17(25-16)20-15(23)11-5-8-13(18)14(19)9-11/h3-9H,2H2,1H3,(H,20,22,23). The summed E-state index contributed by atoms with van der Waals surface area (Å²) in [4.78, 5) is 12.2. The number of anilines is 1. The van der Waals surface area contributed by atoms with Gasteiger partial charge in [-0.3, -0.25) is 10.1 Å². The zero-order valence-electron chi connectivity index (χ0n) is 13.1. The quantitative estimate of drug-likeness (QED) is 0.697. The molecule has 1 N–H and O–H groups in total. The van der Waals surface area contributed by atoms with Gasteiger partial charge in [0.15, 0.2) is 0 Å². The molecule has 2 aromatic carbocycles. The number of rotatable bonds is 5. The third-order valence-corrected chi connectivity index (χ3v) is 3.98. The molecular formula is C17H13Cl2N3O3. The molecule has 8 heteroatoms. The number of hydrogen-bond acceptors (Lipinski definition) is 5. The summed E-state index contributed by atoms with van der Waals surface area (Å²) in [5, 5.41) is 10.9. The van der Waals surface area contributed by atoms with Crippen LogP contribution in [0.15, 0.2) is 46.9 Å². The summed E-state index contributed by atoms with van der Waals surface area (Å²) in [6.07, 6.45) is 0. The minimum atomic E-state index is -0.430. The zero-order valence-corrected chi connectivity index (χ0v) is 14.6. The van der Waals surface area contributed by atoms with Crippen LogP contribution in [0, 0.1) is 0 Å². The van der Waals surface area contributed by atoms with Gasteiger partial charge in [0.05, 0.1) is 16.7 Å². The van der Waals surface area contributed by atoms with Gasteiger partial charge in [-0.25, -0.2) is 0 Å². The molecule has 0 bridgehead atoms. The molecule has 1 amide bonds. The molecule has 3 rings (SSSR count). The average molecular weight is 378 g/mol. The van der Waals surface area contributed by atoms with E-state index in [4.69, 9.17) is 32.4 Å². The Morgan fingerprint density at radius 3 is 2.56 bits per heavy atom. The van der Waals surface area contributed by atoms with Gasteiger partial charge in [-0.15, -0.1) is 5.10 Å². The van der Waals surface area contributed by atoms with Crippen molar-refractivity contribution in [3.63, 3.8) is 0 Å². The van der Waals surface area contributed by atoms with Crippen LogP contribution in [0.2, 0.25) is 10.0 Å². The van der Waals surface area contributed by atoms with Crippen LogP contribution in [-0.2, 0) is 0 Å². The van der Waals surface area contributed by atoms with Gasteiger partial charge >= 0.3 is 6.01 Å². The maximum absolute atomic E-state index is 12.2. The Balaban J connectivity index is 1.72. The Hall–Kier alpha value is -2.57. The first kappa shape index (κ1) is 17.3. The van der Waals surface area contributed by atoms with Crippen LogP contribution in [-0.4, -0.2) is 22.7 Å². The molecule has 128 valence electrons. The molecule has 0 aliphatic rings. The fourth-order valence-electron chi connectivity index (χ4n) is 2.06. The van der Waals surface area contributed by atoms with Gasteiger partial charge in [0.1, 0.15) is 5.75 Å². The number of nitrogens with zero attached hydrogens (tertiary/aromatic N) is 2. The second kappa shape index (κ2) is 7.55. The molecule has 0 aliphatic carbocycles. The number of hydrogen-bond donors (Lipinski definition) is 1. The summed E-state index contributed by atoms with van der Waals surface area (Å²) in [5.41, 5.74) is 1.04. The molecule has 0 unspecified atom stereocenters. The highest BCUT2D eigenvalue weighted by Crippen LogP contribution is 2.25. The van der Waals surface area contributed by atoms with Crippen LogP contribution in [0.1, 0.15) is 17.3 Å². The number of halogens is 2. The van der Waals surface area contributed by atoms with E-state index in [1.54, 1.807) is 30.3 Å². The predicted octanol–water partition coefficient (Wildman–Crippen LogP) is 4.69. The highest BCUT2D eigenvalue weighted by atomic mass is 35.5. The van der Waals surface area contributed by atoms with Gasteiger partial charge in [0.2, 0.25) is 5.89 Å². The molecule has 25 heavy (non-hydrogen) atoms. The lowest BCUT2D eigenvalue weighted by Gasteiger charge is -2.03. The zero-order chi connectivity index (χ0) is 17.8. The summed E-state index contributed by atoms with van der Waals surface area (Å²) in [6.45, 7) is 2.50. The van der Waals surface area contributed by atoms with Crippen molar-refractivity contribution >= 4 is 35.1 Å². The van der Waals surface area contributed by atoms with E-state index in [1.807, 2.05) is 6.92 Å². The predicted molar refractivity (Wildman–Crippen MR) is 95.3 cm³/mol. The van der Waals surface area contributed by atoms with Gasteiger partial charge in [-0.05, 0) is 49.4 Å². The van der Waals surface area contributed by atoms with Crippen molar-refractivity contribution < 1.29 is 13.9 Å². The summed E-state index contributed by atoms with van der Waals surface area (Å²) in [5.74, 6) is 0.604. The first-order valence-corrected chi connectivity index (χ1v) is 8.15. The van der Waals surface area contributed by atoms with E-state index in [-0.39, 0.29) is 16.9 Å². The number of benzene rings is 2. The van der Waals surface area contributed by atoms with Gasteiger partial charge in [0.25, 0.3) is 5.91 Å². The number of carbonyl (C=O) groups excluding carboxylic acids is 1. The molecule has 3 aromatic rings. The molecule has 0 atom stereocenters. The van der Waals surface area contributed by atoms with Crippen LogP contribution in [0.3, 0.4) is 0 Å². The molecule has 0 fully saturated rings. The normalized spacial score (nSPS) is 10.5.